The Hall–Kier alpha value is -8.62. The van der Waals surface area contributed by atoms with E-state index in [9.17, 15) is 51.4 Å². The van der Waals surface area contributed by atoms with Crippen molar-refractivity contribution >= 4 is 35.4 Å². The molecule has 24 nitrogen and oxygen atoms in total. The van der Waals surface area contributed by atoms with Crippen LogP contribution in [-0.4, -0.2) is 342 Å². The highest BCUT2D eigenvalue weighted by atomic mass is 19.1. The standard InChI is InChI=1S/C21H33N3O.C19H28FN3O.C18H26FN3O.C18H26N2O2.C17H24FN3O.C17H23FN2O2/c1-15-7-9-16(10-8-15)19(14-22(5)6)20(25)24-17-11-18(24)13-23(12-17)21(2,3)4;1-19(2,3)22-11-15-10-16(12-22)23(15)18(24)17(21(4)5)13-6-8-14(20)9-7-13;1-18(2,3)21-10-14-8-15(11-21)22(14)17(23)16(9-20)12-4-6-13(19)7-5-12;1-18(2,3)19-11-14-10-15(12-19)20(14)17(21)16(22-4)13-8-6-5-7-9-13;1-17(2,3)20-9-13-8-14(10-20)21(13)16(22)15(19)11-4-6-12(18)7-5-11;1-17(2,3)19-9-13-8-14(10-19)20(13)16(22)15(21)11-4-6-12(18)7-5-11/h7-10,17-19H,11-14H2,1-6H3;6-9,15-17H,10-12H2,1-5H3;4-7,14-16H,8-11,20H2,1-3H3;5-9,14-16H,10-12H2,1-4H3;4-7,13-15H,8-10,19H2,1-3H3;4-7,13-15,21H,8-10H2,1-3H3. The van der Waals surface area contributed by atoms with E-state index in [1.807, 2.05) is 78.1 Å². The number of halogens is 4. The first kappa shape index (κ1) is 107. The van der Waals surface area contributed by atoms with Gasteiger partial charge in [-0.05, 0) is 280 Å². The molecule has 6 aromatic carbocycles. The average Bonchev–Trinajstić information content (AvgIpc) is 0.769. The molecule has 15 fully saturated rings. The molecular formula is C110H160F4N16O8. The first-order chi connectivity index (χ1) is 64.6. The third-order valence-corrected chi connectivity index (χ3v) is 30.9. The Bertz CT molecular complexity index is 4940. The van der Waals surface area contributed by atoms with Gasteiger partial charge in [-0.3, -0.25) is 63.1 Å². The van der Waals surface area contributed by atoms with Crippen LogP contribution in [0.3, 0.4) is 0 Å². The van der Waals surface area contributed by atoms with Crippen molar-refractivity contribution in [3.05, 3.63) is 214 Å². The van der Waals surface area contributed by atoms with Crippen molar-refractivity contribution in [2.24, 2.45) is 11.5 Å². The lowest BCUT2D eigenvalue weighted by atomic mass is 9.82. The zero-order valence-corrected chi connectivity index (χ0v) is 86.7. The summed E-state index contributed by atoms with van der Waals surface area (Å²) >= 11 is 0. The number of amides is 6. The minimum atomic E-state index is -1.20. The number of carbonyl (C=O) groups excluding carboxylic acids is 6. The van der Waals surface area contributed by atoms with Gasteiger partial charge in [-0.1, -0.05) is 109 Å². The Morgan fingerprint density at radius 2 is 0.594 bits per heavy atom. The maximum atomic E-state index is 13.4. The summed E-state index contributed by atoms with van der Waals surface area (Å²) in [5.74, 6) is -1.34. The Balaban J connectivity index is 0.000000140. The van der Waals surface area contributed by atoms with E-state index in [4.69, 9.17) is 16.2 Å². The van der Waals surface area contributed by atoms with Crippen molar-refractivity contribution in [3.8, 4) is 0 Å². The van der Waals surface area contributed by atoms with Gasteiger partial charge in [-0.2, -0.15) is 0 Å². The zero-order valence-electron chi connectivity index (χ0n) is 86.7. The van der Waals surface area contributed by atoms with Crippen molar-refractivity contribution < 1.29 is 56.2 Å². The van der Waals surface area contributed by atoms with Gasteiger partial charge in [0.1, 0.15) is 35.4 Å². The third-order valence-electron chi connectivity index (χ3n) is 30.9. The van der Waals surface area contributed by atoms with E-state index in [0.717, 1.165) is 139 Å². The molecule has 0 aliphatic carbocycles. The minimum Gasteiger partial charge on any atom is -0.378 e. The Morgan fingerprint density at radius 1 is 0.341 bits per heavy atom. The number of likely N-dealkylation sites (N-methyl/N-ethyl adjacent to an activating group) is 2. The third kappa shape index (κ3) is 24.3. The second-order valence-corrected chi connectivity index (χ2v) is 47.2. The quantitative estimate of drug-likeness (QED) is 0.0721. The van der Waals surface area contributed by atoms with E-state index >= 15 is 0 Å². The fraction of sp³-hybridized carbons (Fsp3) is 0.618. The molecule has 138 heavy (non-hydrogen) atoms. The number of fused-ring (bicyclic) bond motifs is 12. The summed E-state index contributed by atoms with van der Waals surface area (Å²) < 4.78 is 57.8. The molecule has 0 spiro atoms. The van der Waals surface area contributed by atoms with E-state index in [2.05, 4.69) is 205 Å². The predicted molar refractivity (Wildman–Crippen MR) is 537 cm³/mol. The molecule has 6 aromatic rings. The number of benzene rings is 6. The second kappa shape index (κ2) is 42.9. The largest absolute Gasteiger partial charge is 0.378 e. The number of carbonyl (C=O) groups is 6. The molecule has 21 rings (SSSR count). The van der Waals surface area contributed by atoms with Crippen LogP contribution in [-0.2, 0) is 33.5 Å². The summed E-state index contributed by atoms with van der Waals surface area (Å²) in [4.78, 5) is 109. The van der Waals surface area contributed by atoms with Gasteiger partial charge < -0.3 is 55.6 Å². The molecule has 6 amide bonds. The maximum Gasteiger partial charge on any atom is 0.256 e. The highest BCUT2D eigenvalue weighted by Crippen LogP contribution is 2.45. The fourth-order valence-electron chi connectivity index (χ4n) is 22.5. The first-order valence-electron chi connectivity index (χ1n) is 50.2. The molecule has 18 unspecified atom stereocenters. The number of hydrogen-bond donors (Lipinski definition) is 3. The normalized spacial score (nSPS) is 25.9. The monoisotopic (exact) mass is 1910 g/mol. The number of rotatable bonds is 17. The molecule has 15 heterocycles. The molecule has 5 N–H and O–H groups in total. The molecule has 0 saturated carbocycles. The van der Waals surface area contributed by atoms with E-state index in [0.29, 0.717) is 53.3 Å². The molecule has 756 valence electrons. The number of piperidine rings is 6. The summed E-state index contributed by atoms with van der Waals surface area (Å²) in [6.45, 7) is 54.3. The second-order valence-electron chi connectivity index (χ2n) is 47.2. The van der Waals surface area contributed by atoms with Crippen molar-refractivity contribution in [2.45, 2.75) is 312 Å². The topological polar surface area (TPSA) is 229 Å². The molecule has 12 bridgehead atoms. The van der Waals surface area contributed by atoms with Gasteiger partial charge in [-0.15, -0.1) is 0 Å². The number of aliphatic hydroxyl groups is 1. The Morgan fingerprint density at radius 3 is 0.884 bits per heavy atom. The molecule has 15 aliphatic rings. The van der Waals surface area contributed by atoms with Crippen LogP contribution >= 0.6 is 0 Å². The molecule has 15 aliphatic heterocycles. The van der Waals surface area contributed by atoms with Crippen LogP contribution in [0.1, 0.15) is 238 Å². The number of likely N-dealkylation sites (tertiary alicyclic amines) is 6. The lowest BCUT2D eigenvalue weighted by molar-refractivity contribution is -0.169. The van der Waals surface area contributed by atoms with Gasteiger partial charge >= 0.3 is 0 Å². The highest BCUT2D eigenvalue weighted by molar-refractivity contribution is 5.88. The first-order valence-corrected chi connectivity index (χ1v) is 50.2. The van der Waals surface area contributed by atoms with Gasteiger partial charge in [0, 0.05) is 204 Å². The Kier molecular flexibility index (Phi) is 33.2. The molecule has 0 aromatic heterocycles. The molecule has 18 atom stereocenters. The van der Waals surface area contributed by atoms with Crippen LogP contribution < -0.4 is 11.5 Å². The van der Waals surface area contributed by atoms with Crippen molar-refractivity contribution in [2.75, 3.05) is 127 Å². The number of piperazine rings is 6. The number of methoxy groups -OCH3 is 1. The van der Waals surface area contributed by atoms with Crippen LogP contribution in [0, 0.1) is 30.2 Å². The van der Waals surface area contributed by atoms with Crippen molar-refractivity contribution in [3.63, 3.8) is 0 Å². The number of nitrogens with two attached hydrogens (primary N) is 2. The molecule has 28 heteroatoms. The van der Waals surface area contributed by atoms with Crippen LogP contribution in [0.4, 0.5) is 17.6 Å². The minimum absolute atomic E-state index is 0.0404. The highest BCUT2D eigenvalue weighted by Gasteiger charge is 2.57. The number of nitrogens with zero attached hydrogens (tertiary/aromatic N) is 14. The number of aryl methyl sites for hydroxylation is 1. The number of hydrogen-bond acceptors (Lipinski definition) is 18. The van der Waals surface area contributed by atoms with Gasteiger partial charge in [0.05, 0.1) is 11.8 Å². The van der Waals surface area contributed by atoms with Crippen LogP contribution in [0.2, 0.25) is 0 Å². The van der Waals surface area contributed by atoms with Crippen LogP contribution in [0.5, 0.6) is 0 Å². The number of aliphatic hydroxyl groups excluding tert-OH is 1. The van der Waals surface area contributed by atoms with Crippen LogP contribution in [0.25, 0.3) is 0 Å². The summed E-state index contributed by atoms with van der Waals surface area (Å²) in [6.07, 6.45) is 4.87. The summed E-state index contributed by atoms with van der Waals surface area (Å²) in [5.41, 5.74) is 18.9. The fourth-order valence-corrected chi connectivity index (χ4v) is 22.5. The number of ether oxygens (including phenoxy) is 1. The predicted octanol–water partition coefficient (Wildman–Crippen LogP) is 13.5. The summed E-state index contributed by atoms with van der Waals surface area (Å²) in [5, 5.41) is 10.3. The molecule has 15 saturated heterocycles. The average molecular weight is 1910 g/mol. The zero-order chi connectivity index (χ0) is 101. The van der Waals surface area contributed by atoms with Gasteiger partial charge in [0.2, 0.25) is 23.6 Å². The smallest absolute Gasteiger partial charge is 0.256 e. The summed E-state index contributed by atoms with van der Waals surface area (Å²) in [7, 11) is 9.53. The van der Waals surface area contributed by atoms with Crippen molar-refractivity contribution in [1.82, 2.24) is 68.6 Å². The maximum absolute atomic E-state index is 13.4. The molecular weight excluding hydrogens is 1750 g/mol. The molecule has 0 radical (unpaired) electrons. The lowest BCUT2D eigenvalue weighted by Crippen LogP contribution is -2.73. The summed E-state index contributed by atoms with van der Waals surface area (Å²) in [6, 6.07) is 44.5. The Labute approximate surface area is 820 Å². The van der Waals surface area contributed by atoms with Gasteiger partial charge in [0.25, 0.3) is 11.8 Å². The lowest BCUT2D eigenvalue weighted by Gasteiger charge is -2.59. The van der Waals surface area contributed by atoms with Crippen LogP contribution in [0.15, 0.2) is 152 Å². The van der Waals surface area contributed by atoms with E-state index in [1.165, 1.54) is 72.6 Å². The van der Waals surface area contributed by atoms with Gasteiger partial charge in [-0.25, -0.2) is 17.6 Å². The van der Waals surface area contributed by atoms with E-state index in [1.54, 1.807) is 43.5 Å². The van der Waals surface area contributed by atoms with E-state index in [-0.39, 0.29) is 147 Å². The SMILES string of the molecule is CC(C)(C)N1CC2CC(C1)N2C(=O)C(CN)c1ccc(F)cc1.CC(C)(C)N1CC2CC(C1)N2C(=O)C(N)c1ccc(F)cc1.CC(C)(C)N1CC2CC(C1)N2C(=O)C(O)c1ccc(F)cc1.CN(C)C(C(=O)N1C2CC1CN(C(C)(C)C)C2)c1ccc(F)cc1.COC(C(=O)N1C2CC1CN(C(C)(C)C)C2)c1ccccc1.Cc1ccc(C(CN(C)C)C(=O)N2C3CC2CN(C(C)(C)C)C3)cc1. The van der Waals surface area contributed by atoms with E-state index < -0.39 is 18.2 Å². The van der Waals surface area contributed by atoms with Gasteiger partial charge in [0.15, 0.2) is 12.2 Å². The van der Waals surface area contributed by atoms with Crippen molar-refractivity contribution in [1.29, 1.82) is 0 Å².